The molecular formula is C13H19N5O2. The third kappa shape index (κ3) is 2.71. The zero-order chi connectivity index (χ0) is 14.6. The van der Waals surface area contributed by atoms with Crippen molar-refractivity contribution in [3.63, 3.8) is 0 Å². The van der Waals surface area contributed by atoms with Crippen molar-refractivity contribution in [3.05, 3.63) is 23.8 Å². The molecule has 0 bridgehead atoms. The normalized spacial score (nSPS) is 17.9. The lowest BCUT2D eigenvalue weighted by atomic mass is 9.84. The zero-order valence-corrected chi connectivity index (χ0v) is 11.5. The predicted molar refractivity (Wildman–Crippen MR) is 72.9 cm³/mol. The molecule has 20 heavy (non-hydrogen) atoms. The van der Waals surface area contributed by atoms with Gasteiger partial charge in [-0.2, -0.15) is 0 Å². The molecule has 108 valence electrons. The molecule has 1 aliphatic carbocycles. The van der Waals surface area contributed by atoms with Crippen LogP contribution in [-0.2, 0) is 11.3 Å². The van der Waals surface area contributed by atoms with Gasteiger partial charge >= 0.3 is 0 Å². The van der Waals surface area contributed by atoms with Crippen LogP contribution in [0.25, 0.3) is 0 Å². The lowest BCUT2D eigenvalue weighted by Gasteiger charge is -2.25. The van der Waals surface area contributed by atoms with Gasteiger partial charge in [-0.1, -0.05) is 18.0 Å². The van der Waals surface area contributed by atoms with Crippen LogP contribution >= 0.6 is 0 Å². The molecule has 1 heterocycles. The average Bonchev–Trinajstić information content (AvgIpc) is 2.96. The highest BCUT2D eigenvalue weighted by molar-refractivity contribution is 6.06. The summed E-state index contributed by atoms with van der Waals surface area (Å²) in [5.74, 6) is -0.227. The molecule has 2 rings (SSSR count). The lowest BCUT2D eigenvalue weighted by molar-refractivity contribution is -0.127. The van der Waals surface area contributed by atoms with E-state index in [4.69, 9.17) is 10.9 Å². The predicted octanol–water partition coefficient (Wildman–Crippen LogP) is 0.708. The zero-order valence-electron chi connectivity index (χ0n) is 11.5. The molecular weight excluding hydrogens is 258 g/mol. The highest BCUT2D eigenvalue weighted by atomic mass is 16.4. The maximum absolute atomic E-state index is 12.4. The summed E-state index contributed by atoms with van der Waals surface area (Å²) in [6.07, 6.45) is 6.28. The fourth-order valence-corrected chi connectivity index (χ4v) is 2.52. The number of amides is 1. The van der Waals surface area contributed by atoms with Crippen molar-refractivity contribution in [2.24, 2.45) is 16.3 Å². The van der Waals surface area contributed by atoms with Gasteiger partial charge in [-0.15, -0.1) is 0 Å². The molecule has 0 saturated heterocycles. The second-order valence-corrected chi connectivity index (χ2v) is 5.11. The van der Waals surface area contributed by atoms with E-state index in [1.54, 1.807) is 12.4 Å². The number of aromatic nitrogens is 2. The number of rotatable bonds is 4. The fourth-order valence-electron chi connectivity index (χ4n) is 2.52. The molecule has 0 spiro atoms. The minimum absolute atomic E-state index is 0.0116. The van der Waals surface area contributed by atoms with Gasteiger partial charge in [0.2, 0.25) is 5.91 Å². The number of hydrogen-bond acceptors (Lipinski definition) is 5. The van der Waals surface area contributed by atoms with Gasteiger partial charge < -0.3 is 16.3 Å². The Hall–Kier alpha value is -2.18. The number of nitrogens with zero attached hydrogens (tertiary/aromatic N) is 3. The first-order valence-electron chi connectivity index (χ1n) is 6.62. The third-order valence-corrected chi connectivity index (χ3v) is 3.75. The third-order valence-electron chi connectivity index (χ3n) is 3.75. The topological polar surface area (TPSA) is 113 Å². The van der Waals surface area contributed by atoms with E-state index >= 15 is 0 Å². The Balaban J connectivity index is 2.04. The van der Waals surface area contributed by atoms with Gasteiger partial charge in [-0.3, -0.25) is 14.8 Å². The summed E-state index contributed by atoms with van der Waals surface area (Å²) in [5.41, 5.74) is 6.33. The van der Waals surface area contributed by atoms with Crippen LogP contribution in [0, 0.1) is 12.3 Å². The Labute approximate surface area is 117 Å². The molecule has 1 aliphatic rings. The molecule has 1 fully saturated rings. The van der Waals surface area contributed by atoms with Crippen LogP contribution in [0.2, 0.25) is 0 Å². The van der Waals surface area contributed by atoms with E-state index in [0.29, 0.717) is 18.5 Å². The van der Waals surface area contributed by atoms with Crippen molar-refractivity contribution >= 4 is 11.7 Å². The Bertz CT molecular complexity index is 506. The summed E-state index contributed by atoms with van der Waals surface area (Å²) < 4.78 is 0. The van der Waals surface area contributed by atoms with Crippen LogP contribution < -0.4 is 11.1 Å². The molecule has 0 radical (unpaired) electrons. The molecule has 0 atom stereocenters. The van der Waals surface area contributed by atoms with Crippen LogP contribution in [0.5, 0.6) is 0 Å². The SMILES string of the molecule is Cc1cnc(CNC(=O)C2(C(N)=NO)CCCC2)cn1. The summed E-state index contributed by atoms with van der Waals surface area (Å²) in [6, 6.07) is 0. The van der Waals surface area contributed by atoms with Gasteiger partial charge in [0, 0.05) is 6.20 Å². The molecule has 0 aromatic carbocycles. The quantitative estimate of drug-likeness (QED) is 0.324. The molecule has 1 amide bonds. The van der Waals surface area contributed by atoms with Crippen LogP contribution in [0.4, 0.5) is 0 Å². The Morgan fingerprint density at radius 2 is 2.15 bits per heavy atom. The second kappa shape index (κ2) is 5.85. The summed E-state index contributed by atoms with van der Waals surface area (Å²) in [6.45, 7) is 2.13. The number of nitrogens with two attached hydrogens (primary N) is 1. The molecule has 1 aromatic heterocycles. The first-order valence-corrected chi connectivity index (χ1v) is 6.62. The number of carbonyl (C=O) groups is 1. The highest BCUT2D eigenvalue weighted by Gasteiger charge is 2.45. The van der Waals surface area contributed by atoms with Crippen LogP contribution in [0.15, 0.2) is 17.5 Å². The number of aryl methyl sites for hydroxylation is 1. The Morgan fingerprint density at radius 3 is 2.70 bits per heavy atom. The summed E-state index contributed by atoms with van der Waals surface area (Å²) in [7, 11) is 0. The van der Waals surface area contributed by atoms with E-state index in [1.807, 2.05) is 6.92 Å². The van der Waals surface area contributed by atoms with Crippen molar-refractivity contribution in [1.82, 2.24) is 15.3 Å². The largest absolute Gasteiger partial charge is 0.409 e. The molecule has 7 nitrogen and oxygen atoms in total. The highest BCUT2D eigenvalue weighted by Crippen LogP contribution is 2.38. The Morgan fingerprint density at radius 1 is 1.45 bits per heavy atom. The van der Waals surface area contributed by atoms with E-state index in [9.17, 15) is 4.79 Å². The van der Waals surface area contributed by atoms with Gasteiger partial charge in [0.25, 0.3) is 0 Å². The number of oxime groups is 1. The molecule has 1 saturated carbocycles. The first-order chi connectivity index (χ1) is 9.58. The molecule has 7 heteroatoms. The standard InChI is InChI=1S/C13H19N5O2/c1-9-6-16-10(7-15-9)8-17-12(19)13(11(14)18-20)4-2-3-5-13/h6-7,20H,2-5,8H2,1H3,(H2,14,18)(H,17,19). The van der Waals surface area contributed by atoms with Gasteiger partial charge in [0.15, 0.2) is 5.84 Å². The van der Waals surface area contributed by atoms with Crippen molar-refractivity contribution in [3.8, 4) is 0 Å². The van der Waals surface area contributed by atoms with E-state index in [-0.39, 0.29) is 18.3 Å². The van der Waals surface area contributed by atoms with Crippen molar-refractivity contribution < 1.29 is 10.0 Å². The van der Waals surface area contributed by atoms with E-state index in [2.05, 4.69) is 20.4 Å². The lowest BCUT2D eigenvalue weighted by Crippen LogP contribution is -2.48. The monoisotopic (exact) mass is 277 g/mol. The van der Waals surface area contributed by atoms with Gasteiger partial charge in [-0.25, -0.2) is 0 Å². The van der Waals surface area contributed by atoms with E-state index in [1.165, 1.54) is 0 Å². The van der Waals surface area contributed by atoms with E-state index in [0.717, 1.165) is 18.5 Å². The minimum atomic E-state index is -0.882. The van der Waals surface area contributed by atoms with Crippen LogP contribution in [0.3, 0.4) is 0 Å². The molecule has 4 N–H and O–H groups in total. The number of nitrogens with one attached hydrogen (secondary N) is 1. The smallest absolute Gasteiger partial charge is 0.234 e. The Kier molecular flexibility index (Phi) is 4.16. The molecule has 0 unspecified atom stereocenters. The van der Waals surface area contributed by atoms with Crippen LogP contribution in [-0.4, -0.2) is 26.9 Å². The summed E-state index contributed by atoms with van der Waals surface area (Å²) in [5, 5.41) is 14.7. The summed E-state index contributed by atoms with van der Waals surface area (Å²) in [4.78, 5) is 20.7. The average molecular weight is 277 g/mol. The van der Waals surface area contributed by atoms with E-state index < -0.39 is 5.41 Å². The number of hydrogen-bond donors (Lipinski definition) is 3. The molecule has 1 aromatic rings. The number of carbonyl (C=O) groups excluding carboxylic acids is 1. The van der Waals surface area contributed by atoms with Gasteiger partial charge in [0.05, 0.1) is 24.1 Å². The second-order valence-electron chi connectivity index (χ2n) is 5.11. The van der Waals surface area contributed by atoms with Gasteiger partial charge in [0.1, 0.15) is 5.41 Å². The fraction of sp³-hybridized carbons (Fsp3) is 0.538. The van der Waals surface area contributed by atoms with Crippen molar-refractivity contribution in [2.75, 3.05) is 0 Å². The molecule has 0 aliphatic heterocycles. The maximum atomic E-state index is 12.4. The maximum Gasteiger partial charge on any atom is 0.234 e. The number of amidine groups is 1. The first kappa shape index (κ1) is 14.2. The van der Waals surface area contributed by atoms with Crippen LogP contribution in [0.1, 0.15) is 37.1 Å². The minimum Gasteiger partial charge on any atom is -0.409 e. The van der Waals surface area contributed by atoms with Crippen molar-refractivity contribution in [1.29, 1.82) is 0 Å². The van der Waals surface area contributed by atoms with Gasteiger partial charge in [-0.05, 0) is 19.8 Å². The summed E-state index contributed by atoms with van der Waals surface area (Å²) >= 11 is 0. The van der Waals surface area contributed by atoms with Crippen molar-refractivity contribution in [2.45, 2.75) is 39.2 Å².